The maximum absolute atomic E-state index is 12.1. The van der Waals surface area contributed by atoms with Gasteiger partial charge in [-0.05, 0) is 64.5 Å². The largest absolute Gasteiger partial charge is 0.433 e. The van der Waals surface area contributed by atoms with Crippen molar-refractivity contribution < 1.29 is 9.53 Å². The first kappa shape index (κ1) is 24.5. The van der Waals surface area contributed by atoms with Gasteiger partial charge in [0, 0.05) is 44.0 Å². The number of ether oxygens (including phenoxy) is 1. The molecule has 1 aliphatic heterocycles. The van der Waals surface area contributed by atoms with Crippen molar-refractivity contribution in [3.05, 3.63) is 42.4 Å². The van der Waals surface area contributed by atoms with Gasteiger partial charge in [0.1, 0.15) is 0 Å². The molecule has 0 bridgehead atoms. The number of hydrogen-bond donors (Lipinski definition) is 1. The fraction of sp³-hybridized carbons (Fsp3) is 0.440. The lowest BCUT2D eigenvalue weighted by Crippen LogP contribution is -2.27. The van der Waals surface area contributed by atoms with Crippen LogP contribution in [-0.2, 0) is 0 Å². The molecule has 10 heteroatoms. The van der Waals surface area contributed by atoms with Crippen LogP contribution in [0.2, 0.25) is 0 Å². The van der Waals surface area contributed by atoms with Crippen molar-refractivity contribution in [3.8, 4) is 22.9 Å². The van der Waals surface area contributed by atoms with Crippen LogP contribution in [0.4, 0.5) is 16.3 Å². The number of rotatable bonds is 6. The lowest BCUT2D eigenvalue weighted by Gasteiger charge is -2.27. The zero-order chi connectivity index (χ0) is 25.3. The second kappa shape index (κ2) is 9.91. The summed E-state index contributed by atoms with van der Waals surface area (Å²) in [5.41, 5.74) is 10.1. The summed E-state index contributed by atoms with van der Waals surface area (Å²) < 4.78 is 7.07. The minimum absolute atomic E-state index is 0.159. The van der Waals surface area contributed by atoms with E-state index in [2.05, 4.69) is 71.0 Å². The minimum Gasteiger partial charge on any atom is -0.433 e. The van der Waals surface area contributed by atoms with E-state index in [1.165, 1.54) is 46.1 Å². The Kier molecular flexibility index (Phi) is 6.93. The summed E-state index contributed by atoms with van der Waals surface area (Å²) in [7, 11) is 7.46. The van der Waals surface area contributed by atoms with Gasteiger partial charge in [0.15, 0.2) is 11.6 Å². The molecule has 10 nitrogen and oxygen atoms in total. The van der Waals surface area contributed by atoms with Crippen LogP contribution in [0, 0.1) is 0 Å². The summed E-state index contributed by atoms with van der Waals surface area (Å²) in [5.74, 6) is 0.674. The molecule has 1 saturated heterocycles. The van der Waals surface area contributed by atoms with Crippen molar-refractivity contribution in [2.45, 2.75) is 38.8 Å². The first-order chi connectivity index (χ1) is 16.6. The first-order valence-corrected chi connectivity index (χ1v) is 11.8. The van der Waals surface area contributed by atoms with Gasteiger partial charge in [0.2, 0.25) is 0 Å². The Morgan fingerprint density at radius 3 is 2.63 bits per heavy atom. The molecular formula is C25H34N8O2. The molecule has 2 N–H and O–H groups in total. The number of hydrogen-bond acceptors (Lipinski definition) is 8. The third-order valence-electron chi connectivity index (χ3n) is 6.50. The zero-order valence-electron chi connectivity index (χ0n) is 21.3. The number of nitrogen functional groups attached to an aromatic ring is 1. The van der Waals surface area contributed by atoms with Crippen molar-refractivity contribution in [3.63, 3.8) is 0 Å². The smallest absolute Gasteiger partial charge is 0.344 e. The average Bonchev–Trinajstić information content (AvgIpc) is 3.48. The van der Waals surface area contributed by atoms with E-state index in [-0.39, 0.29) is 23.8 Å². The molecule has 1 aliphatic rings. The Balaban J connectivity index is 1.70. The molecule has 2 atom stereocenters. The van der Waals surface area contributed by atoms with E-state index in [1.54, 1.807) is 20.3 Å². The van der Waals surface area contributed by atoms with Gasteiger partial charge < -0.3 is 25.2 Å². The number of aromatic nitrogens is 4. The maximum atomic E-state index is 12.1. The van der Waals surface area contributed by atoms with E-state index < -0.39 is 0 Å². The molecule has 35 heavy (non-hydrogen) atoms. The summed E-state index contributed by atoms with van der Waals surface area (Å²) in [4.78, 5) is 27.2. The third kappa shape index (κ3) is 5.22. The monoisotopic (exact) mass is 478 g/mol. The number of nitrogens with zero attached hydrogens (tertiary/aromatic N) is 7. The number of benzene rings is 1. The van der Waals surface area contributed by atoms with Crippen molar-refractivity contribution in [2.75, 3.05) is 45.4 Å². The highest BCUT2D eigenvalue weighted by molar-refractivity contribution is 5.75. The van der Waals surface area contributed by atoms with Crippen LogP contribution >= 0.6 is 0 Å². The Bertz CT molecular complexity index is 1210. The number of amides is 1. The SMILES string of the molecule is CC(c1cc(-c2cnc(N)c(Oc3cnn(C(=O)N(C)C)c3)n2)cc(N2CCC[C@H]2C)c1)N(C)C. The molecule has 0 spiro atoms. The zero-order valence-corrected chi connectivity index (χ0v) is 21.3. The van der Waals surface area contributed by atoms with Gasteiger partial charge in [0.05, 0.1) is 24.3 Å². The lowest BCUT2D eigenvalue weighted by molar-refractivity contribution is 0.216. The van der Waals surface area contributed by atoms with Crippen molar-refractivity contribution in [1.29, 1.82) is 0 Å². The molecule has 0 radical (unpaired) electrons. The van der Waals surface area contributed by atoms with Gasteiger partial charge in [-0.15, -0.1) is 0 Å². The molecule has 1 unspecified atom stereocenters. The number of carbonyl (C=O) groups is 1. The first-order valence-electron chi connectivity index (χ1n) is 11.8. The van der Waals surface area contributed by atoms with Crippen LogP contribution < -0.4 is 15.4 Å². The molecular weight excluding hydrogens is 444 g/mol. The number of nitrogens with two attached hydrogens (primary N) is 1. The molecule has 3 aromatic rings. The highest BCUT2D eigenvalue weighted by Gasteiger charge is 2.23. The van der Waals surface area contributed by atoms with E-state index >= 15 is 0 Å². The third-order valence-corrected chi connectivity index (χ3v) is 6.50. The second-order valence-electron chi connectivity index (χ2n) is 9.48. The van der Waals surface area contributed by atoms with Gasteiger partial charge in [-0.1, -0.05) is 0 Å². The van der Waals surface area contributed by atoms with Gasteiger partial charge >= 0.3 is 6.03 Å². The van der Waals surface area contributed by atoms with Crippen molar-refractivity contribution in [2.24, 2.45) is 0 Å². The molecule has 1 fully saturated rings. The van der Waals surface area contributed by atoms with Gasteiger partial charge in [-0.2, -0.15) is 9.78 Å². The van der Waals surface area contributed by atoms with Crippen LogP contribution in [0.15, 0.2) is 36.8 Å². The van der Waals surface area contributed by atoms with Gasteiger partial charge in [-0.25, -0.2) is 14.8 Å². The Morgan fingerprint density at radius 1 is 1.20 bits per heavy atom. The van der Waals surface area contributed by atoms with Crippen molar-refractivity contribution in [1.82, 2.24) is 29.5 Å². The second-order valence-corrected chi connectivity index (χ2v) is 9.48. The summed E-state index contributed by atoms with van der Waals surface area (Å²) in [6.45, 7) is 5.49. The summed E-state index contributed by atoms with van der Waals surface area (Å²) >= 11 is 0. The highest BCUT2D eigenvalue weighted by atomic mass is 16.5. The molecule has 4 rings (SSSR count). The molecule has 0 aliphatic carbocycles. The summed E-state index contributed by atoms with van der Waals surface area (Å²) in [5, 5.41) is 4.06. The molecule has 186 valence electrons. The Morgan fingerprint density at radius 2 is 1.97 bits per heavy atom. The molecule has 1 aromatic carbocycles. The Hall–Kier alpha value is -3.66. The van der Waals surface area contributed by atoms with E-state index in [1.807, 2.05) is 0 Å². The summed E-state index contributed by atoms with van der Waals surface area (Å²) in [6.07, 6.45) is 6.97. The molecule has 3 heterocycles. The number of carbonyl (C=O) groups excluding carboxylic acids is 1. The van der Waals surface area contributed by atoms with Crippen LogP contribution in [0.5, 0.6) is 11.6 Å². The lowest BCUT2D eigenvalue weighted by atomic mass is 10.0. The van der Waals surface area contributed by atoms with Crippen molar-refractivity contribution >= 4 is 17.5 Å². The van der Waals surface area contributed by atoms with E-state index in [0.29, 0.717) is 17.5 Å². The molecule has 1 amide bonds. The van der Waals surface area contributed by atoms with E-state index in [0.717, 1.165) is 12.1 Å². The Labute approximate surface area is 206 Å². The van der Waals surface area contributed by atoms with Crippen LogP contribution in [0.1, 0.15) is 38.3 Å². The fourth-order valence-corrected chi connectivity index (χ4v) is 4.18. The number of anilines is 2. The standard InChI is InChI=1S/C25H34N8O2/c1-16-8-7-9-32(16)20-11-18(17(2)30(3)4)10-19(12-20)22-14-27-23(26)24(29-22)35-21-13-28-33(15-21)25(34)31(5)6/h10-17H,7-9H2,1-6H3,(H2,26,27)/t16-,17?/m1/s1. The normalized spacial score (nSPS) is 16.5. The summed E-state index contributed by atoms with van der Waals surface area (Å²) in [6, 6.07) is 7.00. The minimum atomic E-state index is -0.289. The van der Waals surface area contributed by atoms with E-state index in [9.17, 15) is 4.79 Å². The fourth-order valence-electron chi connectivity index (χ4n) is 4.18. The quantitative estimate of drug-likeness (QED) is 0.569. The van der Waals surface area contributed by atoms with Gasteiger partial charge in [0.25, 0.3) is 5.88 Å². The molecule has 0 saturated carbocycles. The van der Waals surface area contributed by atoms with Crippen LogP contribution in [-0.4, -0.2) is 76.4 Å². The maximum Gasteiger partial charge on any atom is 0.344 e. The topological polar surface area (TPSA) is 106 Å². The average molecular weight is 479 g/mol. The predicted molar refractivity (Wildman–Crippen MR) is 137 cm³/mol. The van der Waals surface area contributed by atoms with Crippen LogP contribution in [0.25, 0.3) is 11.3 Å². The van der Waals surface area contributed by atoms with Gasteiger partial charge in [-0.3, -0.25) is 0 Å². The van der Waals surface area contributed by atoms with E-state index in [4.69, 9.17) is 10.5 Å². The van der Waals surface area contributed by atoms with Crippen LogP contribution in [0.3, 0.4) is 0 Å². The molecule has 2 aromatic heterocycles. The highest BCUT2D eigenvalue weighted by Crippen LogP contribution is 2.34. The predicted octanol–water partition coefficient (Wildman–Crippen LogP) is 3.86.